The summed E-state index contributed by atoms with van der Waals surface area (Å²) in [6.07, 6.45) is 2.23. The van der Waals surface area contributed by atoms with Crippen LogP contribution in [0.1, 0.15) is 38.1 Å². The molecule has 0 radical (unpaired) electrons. The molecule has 1 atom stereocenters. The molecule has 1 rings (SSSR count). The number of aryl methyl sites for hydroxylation is 1. The van der Waals surface area contributed by atoms with E-state index in [2.05, 4.69) is 9.97 Å². The molecule has 1 heterocycles. The Kier molecular flexibility index (Phi) is 3.77. The predicted molar refractivity (Wildman–Crippen MR) is 56.6 cm³/mol. The van der Waals surface area contributed by atoms with Crippen molar-refractivity contribution < 1.29 is 9.90 Å². The Labute approximate surface area is 89.4 Å². The Morgan fingerprint density at radius 1 is 1.47 bits per heavy atom. The molecular formula is C11H16N2O2. The van der Waals surface area contributed by atoms with Gasteiger partial charge in [-0.1, -0.05) is 20.8 Å². The van der Waals surface area contributed by atoms with Gasteiger partial charge in [-0.15, -0.1) is 0 Å². The predicted octanol–water partition coefficient (Wildman–Crippen LogP) is 1.86. The maximum Gasteiger partial charge on any atom is 0.312 e. The minimum Gasteiger partial charge on any atom is -0.481 e. The average Bonchev–Trinajstić information content (AvgIpc) is 2.17. The van der Waals surface area contributed by atoms with E-state index in [0.29, 0.717) is 5.69 Å². The second-order valence-corrected chi connectivity index (χ2v) is 3.85. The van der Waals surface area contributed by atoms with E-state index in [1.54, 1.807) is 6.07 Å². The van der Waals surface area contributed by atoms with Crippen LogP contribution in [0.15, 0.2) is 12.4 Å². The molecule has 1 N–H and O–H groups in total. The van der Waals surface area contributed by atoms with E-state index in [0.717, 1.165) is 12.1 Å². The first-order chi connectivity index (χ1) is 7.06. The lowest BCUT2D eigenvalue weighted by molar-refractivity contribution is -0.140. The topological polar surface area (TPSA) is 63.1 Å². The molecule has 0 bridgehead atoms. The van der Waals surface area contributed by atoms with Crippen LogP contribution in [-0.2, 0) is 11.2 Å². The molecule has 1 unspecified atom stereocenters. The van der Waals surface area contributed by atoms with Gasteiger partial charge in [0.2, 0.25) is 0 Å². The van der Waals surface area contributed by atoms with Crippen LogP contribution in [0.3, 0.4) is 0 Å². The zero-order valence-corrected chi connectivity index (χ0v) is 9.27. The minimum atomic E-state index is -0.828. The monoisotopic (exact) mass is 208 g/mol. The number of rotatable bonds is 4. The van der Waals surface area contributed by atoms with Crippen LogP contribution in [0.4, 0.5) is 0 Å². The summed E-state index contributed by atoms with van der Waals surface area (Å²) in [6, 6.07) is 1.78. The van der Waals surface area contributed by atoms with Crippen molar-refractivity contribution >= 4 is 5.97 Å². The highest BCUT2D eigenvalue weighted by Crippen LogP contribution is 2.22. The summed E-state index contributed by atoms with van der Waals surface area (Å²) in [6.45, 7) is 5.75. The Bertz CT molecular complexity index is 350. The number of aromatic nitrogens is 2. The molecule has 0 amide bonds. The molecule has 0 aliphatic carbocycles. The summed E-state index contributed by atoms with van der Waals surface area (Å²) >= 11 is 0. The van der Waals surface area contributed by atoms with E-state index in [9.17, 15) is 4.79 Å². The molecular weight excluding hydrogens is 192 g/mol. The van der Waals surface area contributed by atoms with Crippen LogP contribution >= 0.6 is 0 Å². The van der Waals surface area contributed by atoms with Gasteiger partial charge in [0.1, 0.15) is 12.2 Å². The molecule has 0 spiro atoms. The Balaban J connectivity index is 3.05. The van der Waals surface area contributed by atoms with Crippen molar-refractivity contribution in [3.8, 4) is 0 Å². The van der Waals surface area contributed by atoms with Gasteiger partial charge in [-0.25, -0.2) is 9.97 Å². The fourth-order valence-electron chi connectivity index (χ4n) is 1.53. The maximum atomic E-state index is 11.1. The summed E-state index contributed by atoms with van der Waals surface area (Å²) in [7, 11) is 0. The van der Waals surface area contributed by atoms with Crippen molar-refractivity contribution in [1.82, 2.24) is 9.97 Å². The number of carboxylic acids is 1. The van der Waals surface area contributed by atoms with Gasteiger partial charge in [0.15, 0.2) is 0 Å². The number of carbonyl (C=O) groups is 1. The van der Waals surface area contributed by atoms with E-state index >= 15 is 0 Å². The van der Waals surface area contributed by atoms with Crippen molar-refractivity contribution in [3.05, 3.63) is 23.8 Å². The highest BCUT2D eigenvalue weighted by atomic mass is 16.4. The van der Waals surface area contributed by atoms with Crippen LogP contribution in [-0.4, -0.2) is 21.0 Å². The highest BCUT2D eigenvalue weighted by molar-refractivity contribution is 5.75. The second-order valence-electron chi connectivity index (χ2n) is 3.85. The molecule has 0 fully saturated rings. The summed E-state index contributed by atoms with van der Waals surface area (Å²) in [4.78, 5) is 19.2. The molecule has 0 saturated carbocycles. The lowest BCUT2D eigenvalue weighted by atomic mass is 9.92. The minimum absolute atomic E-state index is 0.0297. The summed E-state index contributed by atoms with van der Waals surface area (Å²) in [5, 5.41) is 9.10. The van der Waals surface area contributed by atoms with Gasteiger partial charge in [-0.2, -0.15) is 0 Å². The average molecular weight is 208 g/mol. The second kappa shape index (κ2) is 4.87. The van der Waals surface area contributed by atoms with Gasteiger partial charge < -0.3 is 5.11 Å². The largest absolute Gasteiger partial charge is 0.481 e. The highest BCUT2D eigenvalue weighted by Gasteiger charge is 2.25. The van der Waals surface area contributed by atoms with Crippen molar-refractivity contribution in [2.24, 2.45) is 5.92 Å². The Morgan fingerprint density at radius 3 is 2.60 bits per heavy atom. The number of carboxylic acid groups (broad SMARTS) is 1. The lowest BCUT2D eigenvalue weighted by Crippen LogP contribution is -2.19. The number of hydrogen-bond acceptors (Lipinski definition) is 3. The van der Waals surface area contributed by atoms with Crippen molar-refractivity contribution in [2.75, 3.05) is 0 Å². The van der Waals surface area contributed by atoms with Crippen LogP contribution in [0.2, 0.25) is 0 Å². The van der Waals surface area contributed by atoms with Gasteiger partial charge >= 0.3 is 5.97 Å². The molecule has 1 aromatic heterocycles. The van der Waals surface area contributed by atoms with E-state index in [4.69, 9.17) is 5.11 Å². The SMILES string of the molecule is CCc1cc(C(C(=O)O)C(C)C)ncn1. The fraction of sp³-hybridized carbons (Fsp3) is 0.545. The molecule has 15 heavy (non-hydrogen) atoms. The van der Waals surface area contributed by atoms with Crippen LogP contribution < -0.4 is 0 Å². The quantitative estimate of drug-likeness (QED) is 0.820. The summed E-state index contributed by atoms with van der Waals surface area (Å²) in [5.41, 5.74) is 1.48. The van der Waals surface area contributed by atoms with Crippen LogP contribution in [0.25, 0.3) is 0 Å². The lowest BCUT2D eigenvalue weighted by Gasteiger charge is -2.15. The molecule has 82 valence electrons. The van der Waals surface area contributed by atoms with E-state index in [1.807, 2.05) is 20.8 Å². The van der Waals surface area contributed by atoms with Crippen molar-refractivity contribution in [2.45, 2.75) is 33.1 Å². The van der Waals surface area contributed by atoms with Crippen LogP contribution in [0, 0.1) is 5.92 Å². The van der Waals surface area contributed by atoms with Gasteiger partial charge in [-0.05, 0) is 18.4 Å². The number of hydrogen-bond donors (Lipinski definition) is 1. The Morgan fingerprint density at radius 2 is 2.13 bits per heavy atom. The van der Waals surface area contributed by atoms with Crippen LogP contribution in [0.5, 0.6) is 0 Å². The smallest absolute Gasteiger partial charge is 0.312 e. The third-order valence-corrected chi connectivity index (χ3v) is 2.36. The van der Waals surface area contributed by atoms with Gasteiger partial charge in [0.25, 0.3) is 0 Å². The molecule has 0 aliphatic heterocycles. The van der Waals surface area contributed by atoms with E-state index in [1.165, 1.54) is 6.33 Å². The standard InChI is InChI=1S/C11H16N2O2/c1-4-8-5-9(13-6-12-8)10(7(2)3)11(14)15/h5-7,10H,4H2,1-3H3,(H,14,15). The van der Waals surface area contributed by atoms with E-state index in [-0.39, 0.29) is 5.92 Å². The normalized spacial score (nSPS) is 12.8. The molecule has 4 nitrogen and oxygen atoms in total. The molecule has 0 aliphatic rings. The van der Waals surface area contributed by atoms with Gasteiger partial charge in [0, 0.05) is 5.69 Å². The van der Waals surface area contributed by atoms with E-state index < -0.39 is 11.9 Å². The first-order valence-corrected chi connectivity index (χ1v) is 5.09. The molecule has 4 heteroatoms. The third kappa shape index (κ3) is 2.75. The zero-order chi connectivity index (χ0) is 11.4. The van der Waals surface area contributed by atoms with Gasteiger partial charge in [0.05, 0.1) is 5.69 Å². The summed E-state index contributed by atoms with van der Waals surface area (Å²) in [5.74, 6) is -1.34. The first kappa shape index (κ1) is 11.6. The van der Waals surface area contributed by atoms with Gasteiger partial charge in [-0.3, -0.25) is 4.79 Å². The first-order valence-electron chi connectivity index (χ1n) is 5.09. The Hall–Kier alpha value is -1.45. The third-order valence-electron chi connectivity index (χ3n) is 2.36. The molecule has 0 saturated heterocycles. The molecule has 1 aromatic rings. The summed E-state index contributed by atoms with van der Waals surface area (Å²) < 4.78 is 0. The van der Waals surface area contributed by atoms with Crippen molar-refractivity contribution in [1.29, 1.82) is 0 Å². The number of nitrogens with zero attached hydrogens (tertiary/aromatic N) is 2. The maximum absolute atomic E-state index is 11.1. The zero-order valence-electron chi connectivity index (χ0n) is 9.27. The fourth-order valence-corrected chi connectivity index (χ4v) is 1.53. The number of aliphatic carboxylic acids is 1. The van der Waals surface area contributed by atoms with Crippen molar-refractivity contribution in [3.63, 3.8) is 0 Å². The molecule has 0 aromatic carbocycles.